The number of alkyl carbamates (subject to hydrolysis) is 1. The van der Waals surface area contributed by atoms with Gasteiger partial charge in [0.1, 0.15) is 11.6 Å². The molecule has 19 heavy (non-hydrogen) atoms. The van der Waals surface area contributed by atoms with Crippen molar-refractivity contribution in [2.45, 2.75) is 45.8 Å². The fourth-order valence-electron chi connectivity index (χ4n) is 1.45. The molecule has 6 heteroatoms. The lowest BCUT2D eigenvalue weighted by Crippen LogP contribution is -2.44. The van der Waals surface area contributed by atoms with E-state index in [9.17, 15) is 9.59 Å². The number of hydrogen-bond donors (Lipinski definition) is 2. The Bertz CT molecular complexity index is 461. The number of carboxylic acid groups (broad SMARTS) is 1. The van der Waals surface area contributed by atoms with Gasteiger partial charge in [-0.3, -0.25) is 0 Å². The molecule has 2 N–H and O–H groups in total. The van der Waals surface area contributed by atoms with E-state index >= 15 is 0 Å². The van der Waals surface area contributed by atoms with Gasteiger partial charge in [-0.05, 0) is 44.7 Å². The Balaban J connectivity index is 2.67. The highest BCUT2D eigenvalue weighted by atomic mass is 32.1. The van der Waals surface area contributed by atoms with E-state index in [2.05, 4.69) is 5.32 Å². The molecule has 106 valence electrons. The summed E-state index contributed by atoms with van der Waals surface area (Å²) in [4.78, 5) is 23.7. The second-order valence-corrected chi connectivity index (χ2v) is 6.27. The van der Waals surface area contributed by atoms with Gasteiger partial charge in [0.2, 0.25) is 0 Å². The van der Waals surface area contributed by atoms with Crippen LogP contribution in [-0.4, -0.2) is 28.8 Å². The third kappa shape index (κ3) is 5.30. The van der Waals surface area contributed by atoms with Crippen LogP contribution in [0.15, 0.2) is 11.4 Å². The van der Waals surface area contributed by atoms with Crippen LogP contribution in [0.4, 0.5) is 4.79 Å². The molecule has 0 spiro atoms. The Morgan fingerprint density at radius 2 is 2.11 bits per heavy atom. The lowest BCUT2D eigenvalue weighted by atomic mass is 10.1. The monoisotopic (exact) mass is 285 g/mol. The van der Waals surface area contributed by atoms with Gasteiger partial charge < -0.3 is 15.2 Å². The van der Waals surface area contributed by atoms with Crippen molar-refractivity contribution < 1.29 is 19.4 Å². The average Bonchev–Trinajstić information content (AvgIpc) is 2.60. The molecule has 1 rings (SSSR count). The van der Waals surface area contributed by atoms with Crippen molar-refractivity contribution in [3.05, 3.63) is 21.9 Å². The largest absolute Gasteiger partial charge is 0.480 e. The Hall–Kier alpha value is -1.56. The van der Waals surface area contributed by atoms with Crippen LogP contribution in [-0.2, 0) is 16.0 Å². The normalized spacial score (nSPS) is 12.8. The summed E-state index contributed by atoms with van der Waals surface area (Å²) in [5.41, 5.74) is 0.383. The van der Waals surface area contributed by atoms with Gasteiger partial charge >= 0.3 is 12.1 Å². The lowest BCUT2D eigenvalue weighted by Gasteiger charge is -2.21. The number of carbonyl (C=O) groups is 2. The van der Waals surface area contributed by atoms with Crippen molar-refractivity contribution in [1.29, 1.82) is 0 Å². The van der Waals surface area contributed by atoms with Crippen molar-refractivity contribution in [2.75, 3.05) is 0 Å². The van der Waals surface area contributed by atoms with Gasteiger partial charge in [-0.1, -0.05) is 0 Å². The molecule has 0 fully saturated rings. The van der Waals surface area contributed by atoms with Gasteiger partial charge in [-0.25, -0.2) is 9.59 Å². The van der Waals surface area contributed by atoms with E-state index in [-0.39, 0.29) is 6.42 Å². The van der Waals surface area contributed by atoms with Crippen LogP contribution in [0.2, 0.25) is 0 Å². The highest BCUT2D eigenvalue weighted by Gasteiger charge is 2.24. The van der Waals surface area contributed by atoms with Gasteiger partial charge in [0.05, 0.1) is 0 Å². The minimum atomic E-state index is -1.07. The van der Waals surface area contributed by atoms with Gasteiger partial charge in [0.25, 0.3) is 0 Å². The standard InChI is InChI=1S/C13H19NO4S/c1-8-5-6-19-10(8)7-9(11(15)16)14-12(17)18-13(2,3)4/h5-6,9H,7H2,1-4H3,(H,14,17)(H,15,16)/t9-/m0/s1. The Morgan fingerprint density at radius 1 is 1.47 bits per heavy atom. The summed E-state index contributed by atoms with van der Waals surface area (Å²) in [5, 5.41) is 13.4. The summed E-state index contributed by atoms with van der Waals surface area (Å²) >= 11 is 1.48. The SMILES string of the molecule is Cc1ccsc1C[C@H](NC(=O)OC(C)(C)C)C(=O)O. The molecule has 1 aromatic rings. The minimum Gasteiger partial charge on any atom is -0.480 e. The first-order chi connectivity index (χ1) is 8.69. The Morgan fingerprint density at radius 3 is 2.53 bits per heavy atom. The van der Waals surface area contributed by atoms with Gasteiger partial charge in [-0.2, -0.15) is 0 Å². The zero-order chi connectivity index (χ0) is 14.6. The van der Waals surface area contributed by atoms with E-state index in [0.29, 0.717) is 0 Å². The number of carbonyl (C=O) groups excluding carboxylic acids is 1. The maximum absolute atomic E-state index is 11.6. The quantitative estimate of drug-likeness (QED) is 0.891. The summed E-state index contributed by atoms with van der Waals surface area (Å²) in [5.74, 6) is -1.07. The third-order valence-corrected chi connectivity index (χ3v) is 3.39. The molecular formula is C13H19NO4S. The molecule has 0 aromatic carbocycles. The number of ether oxygens (including phenoxy) is 1. The predicted molar refractivity (Wildman–Crippen MR) is 73.6 cm³/mol. The van der Waals surface area contributed by atoms with Crippen LogP contribution in [0.3, 0.4) is 0 Å². The number of aryl methyl sites for hydroxylation is 1. The predicted octanol–water partition coefficient (Wildman–Crippen LogP) is 2.58. The molecule has 1 aromatic heterocycles. The van der Waals surface area contributed by atoms with Crippen LogP contribution in [0.1, 0.15) is 31.2 Å². The molecule has 0 unspecified atom stereocenters. The smallest absolute Gasteiger partial charge is 0.408 e. The van der Waals surface area contributed by atoms with Crippen molar-refractivity contribution in [3.8, 4) is 0 Å². The number of thiophene rings is 1. The molecule has 5 nitrogen and oxygen atoms in total. The molecule has 0 saturated carbocycles. The number of rotatable bonds is 4. The van der Waals surface area contributed by atoms with Crippen molar-refractivity contribution in [2.24, 2.45) is 0 Å². The van der Waals surface area contributed by atoms with Gasteiger partial charge in [0.15, 0.2) is 0 Å². The van der Waals surface area contributed by atoms with Crippen LogP contribution in [0.25, 0.3) is 0 Å². The van der Waals surface area contributed by atoms with Gasteiger partial charge in [-0.15, -0.1) is 11.3 Å². The first-order valence-corrected chi connectivity index (χ1v) is 6.82. The van der Waals surface area contributed by atoms with E-state index in [4.69, 9.17) is 9.84 Å². The van der Waals surface area contributed by atoms with Crippen molar-refractivity contribution >= 4 is 23.4 Å². The molecule has 0 bridgehead atoms. The third-order valence-electron chi connectivity index (χ3n) is 2.35. The van der Waals surface area contributed by atoms with Crippen LogP contribution in [0, 0.1) is 6.92 Å². The molecule has 0 aliphatic carbocycles. The second-order valence-electron chi connectivity index (χ2n) is 5.27. The average molecular weight is 285 g/mol. The summed E-state index contributed by atoms with van der Waals surface area (Å²) in [6.07, 6.45) is -0.452. The number of hydrogen-bond acceptors (Lipinski definition) is 4. The van der Waals surface area contributed by atoms with E-state index in [1.165, 1.54) is 11.3 Å². The summed E-state index contributed by atoms with van der Waals surface area (Å²) in [6, 6.07) is 0.944. The molecular weight excluding hydrogens is 266 g/mol. The molecule has 0 radical (unpaired) electrons. The molecule has 1 atom stereocenters. The molecule has 0 aliphatic heterocycles. The van der Waals surface area contributed by atoms with E-state index in [1.54, 1.807) is 20.8 Å². The molecule has 1 heterocycles. The number of nitrogens with one attached hydrogen (secondary N) is 1. The zero-order valence-electron chi connectivity index (χ0n) is 11.5. The number of carboxylic acids is 1. The Labute approximate surface area is 116 Å². The van der Waals surface area contributed by atoms with Crippen LogP contribution >= 0.6 is 11.3 Å². The molecule has 0 saturated heterocycles. The van der Waals surface area contributed by atoms with E-state index < -0.39 is 23.7 Å². The van der Waals surface area contributed by atoms with Gasteiger partial charge in [0, 0.05) is 11.3 Å². The highest BCUT2D eigenvalue weighted by Crippen LogP contribution is 2.18. The van der Waals surface area contributed by atoms with E-state index in [1.807, 2.05) is 18.4 Å². The molecule has 1 amide bonds. The van der Waals surface area contributed by atoms with E-state index in [0.717, 1.165) is 10.4 Å². The zero-order valence-corrected chi connectivity index (χ0v) is 12.3. The van der Waals surface area contributed by atoms with Crippen molar-refractivity contribution in [1.82, 2.24) is 5.32 Å². The fourth-order valence-corrected chi connectivity index (χ4v) is 2.40. The minimum absolute atomic E-state index is 0.262. The van der Waals surface area contributed by atoms with Crippen LogP contribution in [0.5, 0.6) is 0 Å². The lowest BCUT2D eigenvalue weighted by molar-refractivity contribution is -0.139. The van der Waals surface area contributed by atoms with Crippen LogP contribution < -0.4 is 5.32 Å². The number of aliphatic carboxylic acids is 1. The van der Waals surface area contributed by atoms with Crippen molar-refractivity contribution in [3.63, 3.8) is 0 Å². The summed E-state index contributed by atoms with van der Waals surface area (Å²) < 4.78 is 5.06. The first kappa shape index (κ1) is 15.5. The fraction of sp³-hybridized carbons (Fsp3) is 0.538. The highest BCUT2D eigenvalue weighted by molar-refractivity contribution is 7.10. The first-order valence-electron chi connectivity index (χ1n) is 5.94. The topological polar surface area (TPSA) is 75.6 Å². The second kappa shape index (κ2) is 6.06. The maximum Gasteiger partial charge on any atom is 0.408 e. The maximum atomic E-state index is 11.6. The molecule has 0 aliphatic rings. The summed E-state index contributed by atoms with van der Waals surface area (Å²) in [7, 11) is 0. The summed E-state index contributed by atoms with van der Waals surface area (Å²) in [6.45, 7) is 7.10. The Kier molecular flexibility index (Phi) is 4.94. The number of amides is 1.